The maximum Gasteiger partial charge on any atom is 0.490 e. The molecule has 3 aliphatic heterocycles. The van der Waals surface area contributed by atoms with Gasteiger partial charge in [0.25, 0.3) is 5.91 Å². The summed E-state index contributed by atoms with van der Waals surface area (Å²) in [4.78, 5) is 38.3. The number of nitrogens with one attached hydrogen (secondary N) is 2. The first-order valence-electron chi connectivity index (χ1n) is 14.2. The minimum absolute atomic E-state index is 0.0864. The fourth-order valence-electron chi connectivity index (χ4n) is 5.85. The summed E-state index contributed by atoms with van der Waals surface area (Å²) in [5, 5.41) is 13.7. The number of piperidine rings is 2. The molecule has 3 N–H and O–H groups in total. The Morgan fingerprint density at radius 3 is 2.47 bits per heavy atom. The molecule has 232 valence electrons. The molecule has 3 aliphatic rings. The molecule has 0 aromatic heterocycles. The van der Waals surface area contributed by atoms with E-state index in [0.717, 1.165) is 37.1 Å². The van der Waals surface area contributed by atoms with Gasteiger partial charge in [-0.25, -0.2) is 9.18 Å². The van der Waals surface area contributed by atoms with E-state index >= 15 is 0 Å². The van der Waals surface area contributed by atoms with Gasteiger partial charge < -0.3 is 25.4 Å². The Hall–Kier alpha value is -3.77. The molecular formula is C31H35F4N3O5. The van der Waals surface area contributed by atoms with E-state index < -0.39 is 17.6 Å². The van der Waals surface area contributed by atoms with Crippen LogP contribution in [-0.4, -0.2) is 79.4 Å². The lowest BCUT2D eigenvalue weighted by Gasteiger charge is -2.45. The largest absolute Gasteiger partial charge is 0.490 e. The van der Waals surface area contributed by atoms with Crippen molar-refractivity contribution in [2.24, 2.45) is 5.41 Å². The van der Waals surface area contributed by atoms with Crippen LogP contribution >= 0.6 is 0 Å². The van der Waals surface area contributed by atoms with Crippen LogP contribution in [0.3, 0.4) is 0 Å². The Morgan fingerprint density at radius 1 is 1.05 bits per heavy atom. The van der Waals surface area contributed by atoms with Crippen molar-refractivity contribution in [1.29, 1.82) is 0 Å². The van der Waals surface area contributed by atoms with Crippen molar-refractivity contribution >= 4 is 17.8 Å². The molecule has 2 aromatic rings. The number of amides is 2. The average molecular weight is 606 g/mol. The molecule has 8 nitrogen and oxygen atoms in total. The van der Waals surface area contributed by atoms with Crippen LogP contribution in [0.1, 0.15) is 46.7 Å². The fraction of sp³-hybridized carbons (Fsp3) is 0.452. The van der Waals surface area contributed by atoms with Gasteiger partial charge in [-0.15, -0.1) is 0 Å². The molecular weight excluding hydrogens is 570 g/mol. The third-order valence-corrected chi connectivity index (χ3v) is 8.11. The highest BCUT2D eigenvalue weighted by Crippen LogP contribution is 2.36. The quantitative estimate of drug-likeness (QED) is 0.334. The number of allylic oxidation sites excluding steroid dienone is 1. The number of carboxylic acid groups (broad SMARTS) is 1. The summed E-state index contributed by atoms with van der Waals surface area (Å²) in [6.45, 7) is 3.33. The van der Waals surface area contributed by atoms with Crippen molar-refractivity contribution in [3.8, 4) is 0 Å². The monoisotopic (exact) mass is 605 g/mol. The number of fused-ring (bicyclic) bond motifs is 3. The third-order valence-electron chi connectivity index (χ3n) is 8.11. The van der Waals surface area contributed by atoms with E-state index in [0.29, 0.717) is 44.7 Å². The zero-order chi connectivity index (χ0) is 31.0. The normalized spacial score (nSPS) is 23.5. The second-order valence-corrected chi connectivity index (χ2v) is 11.0. The highest BCUT2D eigenvalue weighted by atomic mass is 19.4. The maximum absolute atomic E-state index is 14.1. The summed E-state index contributed by atoms with van der Waals surface area (Å²) in [6.07, 6.45) is 1.61. The van der Waals surface area contributed by atoms with Gasteiger partial charge in [-0.2, -0.15) is 13.2 Å². The van der Waals surface area contributed by atoms with Crippen molar-refractivity contribution < 1.29 is 41.8 Å². The molecule has 3 heterocycles. The van der Waals surface area contributed by atoms with Crippen molar-refractivity contribution in [3.05, 3.63) is 83.2 Å². The number of aliphatic carboxylic acids is 1. The predicted octanol–water partition coefficient (Wildman–Crippen LogP) is 4.07. The van der Waals surface area contributed by atoms with Crippen LogP contribution in [0.4, 0.5) is 17.6 Å². The number of carbonyl (C=O) groups excluding carboxylic acids is 2. The Balaban J connectivity index is 0.000000541. The van der Waals surface area contributed by atoms with Gasteiger partial charge in [-0.05, 0) is 68.1 Å². The smallest absolute Gasteiger partial charge is 0.475 e. The molecule has 2 saturated heterocycles. The molecule has 0 saturated carbocycles. The number of carboxylic acids is 1. The van der Waals surface area contributed by atoms with E-state index in [1.54, 1.807) is 12.1 Å². The minimum atomic E-state index is -5.08. The first kappa shape index (κ1) is 32.2. The second-order valence-electron chi connectivity index (χ2n) is 11.0. The van der Waals surface area contributed by atoms with Gasteiger partial charge in [0.15, 0.2) is 0 Å². The van der Waals surface area contributed by atoms with Gasteiger partial charge in [0, 0.05) is 24.6 Å². The number of hydrogen-bond acceptors (Lipinski definition) is 5. The lowest BCUT2D eigenvalue weighted by molar-refractivity contribution is -0.192. The number of alkyl halides is 3. The molecule has 1 spiro atoms. The van der Waals surface area contributed by atoms with E-state index in [1.807, 2.05) is 47.4 Å². The van der Waals surface area contributed by atoms with Gasteiger partial charge in [0.05, 0.1) is 24.7 Å². The van der Waals surface area contributed by atoms with Gasteiger partial charge in [0.1, 0.15) is 5.82 Å². The van der Waals surface area contributed by atoms with E-state index in [2.05, 4.69) is 10.6 Å². The van der Waals surface area contributed by atoms with Crippen LogP contribution in [0.15, 0.2) is 60.7 Å². The summed E-state index contributed by atoms with van der Waals surface area (Å²) < 4.78 is 51.9. The van der Waals surface area contributed by atoms with Crippen LogP contribution in [0.5, 0.6) is 0 Å². The molecule has 0 unspecified atom stereocenters. The predicted molar refractivity (Wildman–Crippen MR) is 150 cm³/mol. The summed E-state index contributed by atoms with van der Waals surface area (Å²) in [6, 6.07) is 13.9. The Labute approximate surface area is 247 Å². The average Bonchev–Trinajstić information content (AvgIpc) is 2.98. The molecule has 2 fully saturated rings. The molecule has 2 aromatic carbocycles. The van der Waals surface area contributed by atoms with Crippen molar-refractivity contribution in [2.45, 2.75) is 43.8 Å². The molecule has 2 atom stereocenters. The SMILES string of the molecule is O=C(O)C(F)(F)F.O=C1N[C@H]2CN(CC[C@H]2c2cccc(F)c2)C(=O)C2(CCNCC2)COC/C=C\Cc2ccccc21. The molecule has 0 aliphatic carbocycles. The lowest BCUT2D eigenvalue weighted by Crippen LogP contribution is -2.58. The topological polar surface area (TPSA) is 108 Å². The molecule has 2 amide bonds. The highest BCUT2D eigenvalue weighted by Gasteiger charge is 2.45. The number of ether oxygens (including phenoxy) is 1. The van der Waals surface area contributed by atoms with Crippen molar-refractivity contribution in [2.75, 3.05) is 39.4 Å². The Morgan fingerprint density at radius 2 is 1.77 bits per heavy atom. The van der Waals surface area contributed by atoms with Gasteiger partial charge in [-0.1, -0.05) is 42.5 Å². The molecule has 2 bridgehead atoms. The number of rotatable bonds is 1. The van der Waals surface area contributed by atoms with Crippen molar-refractivity contribution in [1.82, 2.24) is 15.5 Å². The minimum Gasteiger partial charge on any atom is -0.475 e. The van der Waals surface area contributed by atoms with Gasteiger partial charge >= 0.3 is 12.1 Å². The molecule has 43 heavy (non-hydrogen) atoms. The maximum atomic E-state index is 14.1. The fourth-order valence-corrected chi connectivity index (χ4v) is 5.85. The highest BCUT2D eigenvalue weighted by molar-refractivity contribution is 5.96. The van der Waals surface area contributed by atoms with Crippen molar-refractivity contribution in [3.63, 3.8) is 0 Å². The van der Waals surface area contributed by atoms with Crippen LogP contribution < -0.4 is 10.6 Å². The number of benzene rings is 2. The third kappa shape index (κ3) is 8.20. The first-order chi connectivity index (χ1) is 20.5. The van der Waals surface area contributed by atoms with Crippen LogP contribution in [0.25, 0.3) is 0 Å². The number of halogens is 4. The van der Waals surface area contributed by atoms with E-state index in [4.69, 9.17) is 14.6 Å². The summed E-state index contributed by atoms with van der Waals surface area (Å²) in [7, 11) is 0. The number of hydrogen-bond donors (Lipinski definition) is 3. The Bertz CT molecular complexity index is 1330. The van der Waals surface area contributed by atoms with Gasteiger partial charge in [-0.3, -0.25) is 9.59 Å². The zero-order valence-corrected chi connectivity index (χ0v) is 23.5. The zero-order valence-electron chi connectivity index (χ0n) is 23.5. The van der Waals surface area contributed by atoms with Gasteiger partial charge in [0.2, 0.25) is 5.91 Å². The van der Waals surface area contributed by atoms with Crippen LogP contribution in [0.2, 0.25) is 0 Å². The lowest BCUT2D eigenvalue weighted by atomic mass is 9.77. The van der Waals surface area contributed by atoms with E-state index in [9.17, 15) is 27.2 Å². The Kier molecular flexibility index (Phi) is 10.6. The molecule has 0 radical (unpaired) electrons. The summed E-state index contributed by atoms with van der Waals surface area (Å²) in [5.41, 5.74) is 1.83. The van der Waals surface area contributed by atoms with E-state index in [1.165, 1.54) is 6.07 Å². The summed E-state index contributed by atoms with van der Waals surface area (Å²) in [5.74, 6) is -3.20. The first-order valence-corrected chi connectivity index (χ1v) is 14.2. The standard InChI is InChI=1S/C29H34FN3O3.C2HF3O2/c30-23-9-5-8-22(18-23)24-11-16-33-19-26(24)32-27(34)25-10-2-1-6-21(25)7-3-4-17-36-20-29(28(33)35)12-14-31-15-13-29;3-2(4,5)1(6)7/h1-6,8-10,18,24,26,31H,7,11-17,19-20H2,(H,32,34);(H,6,7)/b4-3-;/t24-,26-;/m0./s1. The second kappa shape index (κ2) is 14.1. The van der Waals surface area contributed by atoms with Crippen LogP contribution in [-0.2, 0) is 20.7 Å². The molecule has 12 heteroatoms. The number of nitrogens with zero attached hydrogens (tertiary/aromatic N) is 1. The van der Waals surface area contributed by atoms with E-state index in [-0.39, 0.29) is 29.6 Å². The number of carbonyl (C=O) groups is 3. The summed E-state index contributed by atoms with van der Waals surface area (Å²) >= 11 is 0. The van der Waals surface area contributed by atoms with Crippen LogP contribution in [0, 0.1) is 11.2 Å². The molecule has 5 rings (SSSR count).